The first-order valence-corrected chi connectivity index (χ1v) is 7.19. The van der Waals surface area contributed by atoms with Crippen molar-refractivity contribution in [2.75, 3.05) is 0 Å². The normalized spacial score (nSPS) is 71.2. The molecule has 0 nitrogen and oxygen atoms in total. The molecule has 4 saturated carbocycles. The van der Waals surface area contributed by atoms with Gasteiger partial charge in [-0.15, -0.1) is 0 Å². The van der Waals surface area contributed by atoms with Crippen molar-refractivity contribution in [3.63, 3.8) is 0 Å². The highest BCUT2D eigenvalue weighted by Gasteiger charge is 2.68. The highest BCUT2D eigenvalue weighted by atomic mass is 19.1. The lowest BCUT2D eigenvalue weighted by Crippen LogP contribution is -2.43. The average molecular weight is 222 g/mol. The molecule has 16 heavy (non-hydrogen) atoms. The Hall–Kier alpha value is -0.0700. The number of rotatable bonds is 0. The molecule has 0 aromatic carbocycles. The van der Waals surface area contributed by atoms with Crippen molar-refractivity contribution in [3.05, 3.63) is 0 Å². The lowest BCUT2D eigenvalue weighted by Gasteiger charge is -2.44. The van der Waals surface area contributed by atoms with E-state index >= 15 is 0 Å². The Labute approximate surface area is 98.0 Å². The Balaban J connectivity index is 1.73. The van der Waals surface area contributed by atoms with Crippen molar-refractivity contribution < 1.29 is 4.39 Å². The summed E-state index contributed by atoms with van der Waals surface area (Å²) >= 11 is 0. The molecule has 90 valence electrons. The van der Waals surface area contributed by atoms with Crippen LogP contribution in [0, 0.1) is 47.3 Å². The zero-order chi connectivity index (χ0) is 11.2. The number of hydrogen-bond donors (Lipinski definition) is 0. The van der Waals surface area contributed by atoms with E-state index in [1.165, 1.54) is 12.8 Å². The van der Waals surface area contributed by atoms with E-state index in [0.29, 0.717) is 5.92 Å². The topological polar surface area (TPSA) is 0 Å². The summed E-state index contributed by atoms with van der Waals surface area (Å²) in [5.41, 5.74) is -0.820. The Morgan fingerprint density at radius 2 is 1.62 bits per heavy atom. The Morgan fingerprint density at radius 3 is 2.31 bits per heavy atom. The predicted octanol–water partition coefficient (Wildman–Crippen LogP) is 3.91. The highest BCUT2D eigenvalue weighted by Crippen LogP contribution is 2.72. The summed E-state index contributed by atoms with van der Waals surface area (Å²) in [4.78, 5) is 0. The van der Waals surface area contributed by atoms with Crippen molar-refractivity contribution in [2.24, 2.45) is 47.3 Å². The van der Waals surface area contributed by atoms with Gasteiger partial charge in [-0.05, 0) is 73.5 Å². The maximum absolute atomic E-state index is 14.5. The van der Waals surface area contributed by atoms with Crippen LogP contribution in [0.25, 0.3) is 0 Å². The van der Waals surface area contributed by atoms with Gasteiger partial charge in [-0.1, -0.05) is 13.8 Å². The fourth-order valence-corrected chi connectivity index (χ4v) is 6.51. The van der Waals surface area contributed by atoms with Gasteiger partial charge in [0.15, 0.2) is 0 Å². The van der Waals surface area contributed by atoms with E-state index < -0.39 is 5.67 Å². The van der Waals surface area contributed by atoms with Crippen LogP contribution in [0.5, 0.6) is 0 Å². The molecule has 0 aromatic rings. The minimum absolute atomic E-state index is 0.424. The molecule has 4 bridgehead atoms. The second-order valence-corrected chi connectivity index (χ2v) is 7.52. The van der Waals surface area contributed by atoms with Crippen molar-refractivity contribution in [3.8, 4) is 0 Å². The minimum Gasteiger partial charge on any atom is -0.244 e. The summed E-state index contributed by atoms with van der Waals surface area (Å²) in [6.07, 6.45) is 3.53. The van der Waals surface area contributed by atoms with E-state index in [1.54, 1.807) is 0 Å². The van der Waals surface area contributed by atoms with E-state index in [9.17, 15) is 4.39 Å². The smallest absolute Gasteiger partial charge is 0.111 e. The van der Waals surface area contributed by atoms with Gasteiger partial charge in [-0.25, -0.2) is 4.39 Å². The van der Waals surface area contributed by atoms with Crippen LogP contribution in [0.15, 0.2) is 0 Å². The molecule has 0 amide bonds. The molecule has 9 unspecified atom stereocenters. The molecule has 4 aliphatic rings. The van der Waals surface area contributed by atoms with Crippen molar-refractivity contribution in [1.82, 2.24) is 0 Å². The summed E-state index contributed by atoms with van der Waals surface area (Å²) in [7, 11) is 0. The van der Waals surface area contributed by atoms with E-state index in [4.69, 9.17) is 0 Å². The van der Waals surface area contributed by atoms with E-state index in [0.717, 1.165) is 47.8 Å². The van der Waals surface area contributed by atoms with Gasteiger partial charge in [0.2, 0.25) is 0 Å². The molecule has 1 heteroatoms. The predicted molar refractivity (Wildman–Crippen MR) is 62.6 cm³/mol. The average Bonchev–Trinajstić information content (AvgIpc) is 2.85. The molecule has 0 spiro atoms. The van der Waals surface area contributed by atoms with Crippen LogP contribution in [0.3, 0.4) is 0 Å². The maximum Gasteiger partial charge on any atom is 0.111 e. The molecule has 0 radical (unpaired) electrons. The fraction of sp³-hybridized carbons (Fsp3) is 1.00. The van der Waals surface area contributed by atoms with Gasteiger partial charge in [0.1, 0.15) is 5.67 Å². The van der Waals surface area contributed by atoms with Crippen LogP contribution in [0.2, 0.25) is 0 Å². The molecular formula is C15H23F. The molecule has 4 aliphatic carbocycles. The first kappa shape index (κ1) is 9.91. The van der Waals surface area contributed by atoms with Gasteiger partial charge < -0.3 is 0 Å². The van der Waals surface area contributed by atoms with Crippen LogP contribution < -0.4 is 0 Å². The second kappa shape index (κ2) is 2.67. The largest absolute Gasteiger partial charge is 0.244 e. The van der Waals surface area contributed by atoms with Crippen molar-refractivity contribution in [1.29, 1.82) is 0 Å². The standard InChI is InChI=1S/C15H23F/c1-7-8(2)11-5-10(7)13-9-4-12(14(11)13)15(3,16)6-9/h7-14H,4-6H2,1-3H3. The van der Waals surface area contributed by atoms with Gasteiger partial charge in [0.25, 0.3) is 0 Å². The lowest BCUT2D eigenvalue weighted by atomic mass is 9.62. The molecule has 0 aliphatic heterocycles. The number of alkyl halides is 1. The molecule has 0 heterocycles. The van der Waals surface area contributed by atoms with Gasteiger partial charge in [-0.2, -0.15) is 0 Å². The van der Waals surface area contributed by atoms with Gasteiger partial charge >= 0.3 is 0 Å². The van der Waals surface area contributed by atoms with Gasteiger partial charge in [-0.3, -0.25) is 0 Å². The third-order valence-electron chi connectivity index (χ3n) is 7.16. The number of halogens is 1. The molecule has 4 rings (SSSR count). The highest BCUT2D eigenvalue weighted by molar-refractivity contribution is 5.16. The van der Waals surface area contributed by atoms with Crippen molar-refractivity contribution in [2.45, 2.75) is 45.7 Å². The summed E-state index contributed by atoms with van der Waals surface area (Å²) in [6.45, 7) is 6.76. The Morgan fingerprint density at radius 1 is 1.00 bits per heavy atom. The minimum atomic E-state index is -0.820. The Kier molecular flexibility index (Phi) is 1.65. The molecule has 0 aromatic heterocycles. The number of hydrogen-bond acceptors (Lipinski definition) is 0. The zero-order valence-corrected chi connectivity index (χ0v) is 10.6. The zero-order valence-electron chi connectivity index (χ0n) is 10.6. The van der Waals surface area contributed by atoms with Crippen LogP contribution in [-0.2, 0) is 0 Å². The number of fused-ring (bicyclic) bond motifs is 9. The fourth-order valence-electron chi connectivity index (χ4n) is 6.51. The summed E-state index contributed by atoms with van der Waals surface area (Å²) in [6, 6.07) is 0. The molecular weight excluding hydrogens is 199 g/mol. The molecule has 4 fully saturated rings. The summed E-state index contributed by atoms with van der Waals surface area (Å²) < 4.78 is 14.5. The van der Waals surface area contributed by atoms with Crippen LogP contribution in [0.1, 0.15) is 40.0 Å². The third kappa shape index (κ3) is 0.898. The van der Waals surface area contributed by atoms with Crippen LogP contribution in [0.4, 0.5) is 4.39 Å². The van der Waals surface area contributed by atoms with Crippen molar-refractivity contribution >= 4 is 0 Å². The van der Waals surface area contributed by atoms with E-state index in [2.05, 4.69) is 13.8 Å². The second-order valence-electron chi connectivity index (χ2n) is 7.52. The summed E-state index contributed by atoms with van der Waals surface area (Å²) in [5.74, 6) is 6.46. The maximum atomic E-state index is 14.5. The lowest BCUT2D eigenvalue weighted by molar-refractivity contribution is -0.0129. The van der Waals surface area contributed by atoms with E-state index in [-0.39, 0.29) is 0 Å². The monoisotopic (exact) mass is 222 g/mol. The van der Waals surface area contributed by atoms with Gasteiger partial charge in [0, 0.05) is 0 Å². The van der Waals surface area contributed by atoms with Crippen LogP contribution in [-0.4, -0.2) is 5.67 Å². The summed E-state index contributed by atoms with van der Waals surface area (Å²) in [5, 5.41) is 0. The first-order valence-electron chi connectivity index (χ1n) is 7.19. The third-order valence-corrected chi connectivity index (χ3v) is 7.16. The SMILES string of the molecule is CC1C(C)C2CC1C1C3CC(C21)C(C)(F)C3. The Bertz CT molecular complexity index is 334. The molecule has 9 atom stereocenters. The first-order chi connectivity index (χ1) is 7.50. The van der Waals surface area contributed by atoms with Gasteiger partial charge in [0.05, 0.1) is 0 Å². The molecule has 0 saturated heterocycles. The molecule has 0 N–H and O–H groups in total. The quantitative estimate of drug-likeness (QED) is 0.545. The van der Waals surface area contributed by atoms with Crippen LogP contribution >= 0.6 is 0 Å². The van der Waals surface area contributed by atoms with E-state index in [1.807, 2.05) is 6.92 Å².